The van der Waals surface area contributed by atoms with E-state index in [0.29, 0.717) is 47.6 Å². The van der Waals surface area contributed by atoms with E-state index in [9.17, 15) is 8.42 Å². The SMILES string of the molecule is Cc1ccc(S(=O)(=O)N2CCC(c3noc(-c4ccc(Cl)cc4)n3)CC2)cc1C. The molecule has 0 N–H and O–H groups in total. The summed E-state index contributed by atoms with van der Waals surface area (Å²) in [5.41, 5.74) is 2.86. The molecule has 1 fully saturated rings. The van der Waals surface area contributed by atoms with Gasteiger partial charge >= 0.3 is 0 Å². The van der Waals surface area contributed by atoms with Crippen molar-refractivity contribution >= 4 is 21.6 Å². The first-order chi connectivity index (χ1) is 13.8. The van der Waals surface area contributed by atoms with Gasteiger partial charge in [0.25, 0.3) is 5.89 Å². The lowest BCUT2D eigenvalue weighted by molar-refractivity contribution is 0.307. The predicted octanol–water partition coefficient (Wildman–Crippen LogP) is 4.58. The van der Waals surface area contributed by atoms with Crippen LogP contribution in [0.15, 0.2) is 51.9 Å². The Bertz CT molecular complexity index is 1120. The highest BCUT2D eigenvalue weighted by Gasteiger charge is 2.32. The normalized spacial score (nSPS) is 16.2. The lowest BCUT2D eigenvalue weighted by Crippen LogP contribution is -2.38. The molecule has 0 aliphatic carbocycles. The van der Waals surface area contributed by atoms with E-state index >= 15 is 0 Å². The van der Waals surface area contributed by atoms with Crippen LogP contribution in [0.25, 0.3) is 11.5 Å². The molecule has 0 spiro atoms. The second-order valence-corrected chi connectivity index (χ2v) is 9.76. The fourth-order valence-electron chi connectivity index (χ4n) is 3.49. The van der Waals surface area contributed by atoms with Gasteiger partial charge in [0, 0.05) is 29.6 Å². The number of aryl methyl sites for hydroxylation is 2. The maximum Gasteiger partial charge on any atom is 0.257 e. The van der Waals surface area contributed by atoms with E-state index in [1.807, 2.05) is 32.0 Å². The third kappa shape index (κ3) is 4.08. The summed E-state index contributed by atoms with van der Waals surface area (Å²) in [6.45, 7) is 4.77. The Morgan fingerprint density at radius 3 is 2.38 bits per heavy atom. The molecule has 1 aliphatic heterocycles. The molecule has 0 unspecified atom stereocenters. The molecule has 1 aliphatic rings. The van der Waals surface area contributed by atoms with Crippen LogP contribution in [0, 0.1) is 13.8 Å². The summed E-state index contributed by atoms with van der Waals surface area (Å²) in [5, 5.41) is 4.76. The fourth-order valence-corrected chi connectivity index (χ4v) is 5.17. The molecule has 0 bridgehead atoms. The minimum atomic E-state index is -3.49. The molecular weight excluding hydrogens is 410 g/mol. The van der Waals surface area contributed by atoms with Gasteiger partial charge in [0.05, 0.1) is 4.90 Å². The van der Waals surface area contributed by atoms with Crippen LogP contribution in [0.5, 0.6) is 0 Å². The van der Waals surface area contributed by atoms with Crippen molar-refractivity contribution in [1.29, 1.82) is 0 Å². The zero-order valence-corrected chi connectivity index (χ0v) is 17.9. The summed E-state index contributed by atoms with van der Waals surface area (Å²) in [6.07, 6.45) is 1.31. The Morgan fingerprint density at radius 2 is 1.72 bits per heavy atom. The van der Waals surface area contributed by atoms with Crippen molar-refractivity contribution in [3.05, 3.63) is 64.4 Å². The van der Waals surface area contributed by atoms with Crippen molar-refractivity contribution in [3.8, 4) is 11.5 Å². The van der Waals surface area contributed by atoms with Crippen molar-refractivity contribution in [2.45, 2.75) is 37.5 Å². The molecule has 3 aromatic rings. The maximum absolute atomic E-state index is 13.0. The third-order valence-electron chi connectivity index (χ3n) is 5.47. The molecule has 2 aromatic carbocycles. The number of piperidine rings is 1. The van der Waals surface area contributed by atoms with Gasteiger partial charge in [0.1, 0.15) is 0 Å². The number of hydrogen-bond donors (Lipinski definition) is 0. The molecule has 1 saturated heterocycles. The van der Waals surface area contributed by atoms with Crippen molar-refractivity contribution in [3.63, 3.8) is 0 Å². The van der Waals surface area contributed by atoms with Gasteiger partial charge in [-0.25, -0.2) is 8.42 Å². The predicted molar refractivity (Wildman–Crippen MR) is 111 cm³/mol. The van der Waals surface area contributed by atoms with Gasteiger partial charge in [-0.1, -0.05) is 22.8 Å². The fraction of sp³-hybridized carbons (Fsp3) is 0.333. The van der Waals surface area contributed by atoms with E-state index in [4.69, 9.17) is 16.1 Å². The number of sulfonamides is 1. The standard InChI is InChI=1S/C21H22ClN3O3S/c1-14-3-8-19(13-15(14)2)29(26,27)25-11-9-16(10-12-25)20-23-21(28-24-20)17-4-6-18(22)7-5-17/h3-8,13,16H,9-12H2,1-2H3. The largest absolute Gasteiger partial charge is 0.334 e. The van der Waals surface area contributed by atoms with Crippen molar-refractivity contribution in [2.24, 2.45) is 0 Å². The number of hydrogen-bond acceptors (Lipinski definition) is 5. The topological polar surface area (TPSA) is 76.3 Å². The molecule has 29 heavy (non-hydrogen) atoms. The second kappa shape index (κ2) is 7.89. The van der Waals surface area contributed by atoms with E-state index in [1.165, 1.54) is 0 Å². The number of halogens is 1. The van der Waals surface area contributed by atoms with Crippen LogP contribution in [0.3, 0.4) is 0 Å². The van der Waals surface area contributed by atoms with Crippen LogP contribution in [0.1, 0.15) is 35.7 Å². The monoisotopic (exact) mass is 431 g/mol. The van der Waals surface area contributed by atoms with Crippen molar-refractivity contribution < 1.29 is 12.9 Å². The average molecular weight is 432 g/mol. The number of rotatable bonds is 4. The first kappa shape index (κ1) is 20.1. The molecule has 1 aromatic heterocycles. The van der Waals surface area contributed by atoms with E-state index in [2.05, 4.69) is 10.1 Å². The highest BCUT2D eigenvalue weighted by Crippen LogP contribution is 2.31. The van der Waals surface area contributed by atoms with E-state index in [-0.39, 0.29) is 5.92 Å². The Kier molecular flexibility index (Phi) is 5.46. The molecule has 4 rings (SSSR count). The first-order valence-corrected chi connectivity index (χ1v) is 11.3. The van der Waals surface area contributed by atoms with Crippen LogP contribution in [-0.4, -0.2) is 36.0 Å². The molecule has 6 nitrogen and oxygen atoms in total. The van der Waals surface area contributed by atoms with E-state index in [1.54, 1.807) is 28.6 Å². The highest BCUT2D eigenvalue weighted by atomic mass is 35.5. The number of aromatic nitrogens is 2. The summed E-state index contributed by atoms with van der Waals surface area (Å²) < 4.78 is 32.9. The van der Waals surface area contributed by atoms with E-state index < -0.39 is 10.0 Å². The van der Waals surface area contributed by atoms with Gasteiger partial charge in [-0.2, -0.15) is 9.29 Å². The third-order valence-corrected chi connectivity index (χ3v) is 7.61. The summed E-state index contributed by atoms with van der Waals surface area (Å²) >= 11 is 5.92. The minimum Gasteiger partial charge on any atom is -0.334 e. The Morgan fingerprint density at radius 1 is 1.03 bits per heavy atom. The summed E-state index contributed by atoms with van der Waals surface area (Å²) in [6, 6.07) is 12.5. The van der Waals surface area contributed by atoms with Gasteiger partial charge in [-0.3, -0.25) is 0 Å². The van der Waals surface area contributed by atoms with Crippen LogP contribution in [0.2, 0.25) is 5.02 Å². The zero-order valence-electron chi connectivity index (χ0n) is 16.3. The Labute approximate surface area is 175 Å². The van der Waals surface area contributed by atoms with Crippen molar-refractivity contribution in [2.75, 3.05) is 13.1 Å². The molecule has 0 atom stereocenters. The van der Waals surface area contributed by atoms with Crippen molar-refractivity contribution in [1.82, 2.24) is 14.4 Å². The smallest absolute Gasteiger partial charge is 0.257 e. The molecule has 0 radical (unpaired) electrons. The Balaban J connectivity index is 1.45. The van der Waals surface area contributed by atoms with Gasteiger partial charge in [-0.15, -0.1) is 0 Å². The maximum atomic E-state index is 13.0. The summed E-state index contributed by atoms with van der Waals surface area (Å²) in [4.78, 5) is 4.86. The highest BCUT2D eigenvalue weighted by molar-refractivity contribution is 7.89. The quantitative estimate of drug-likeness (QED) is 0.604. The second-order valence-electron chi connectivity index (χ2n) is 7.39. The van der Waals surface area contributed by atoms with Crippen LogP contribution >= 0.6 is 11.6 Å². The lowest BCUT2D eigenvalue weighted by atomic mass is 9.97. The van der Waals surface area contributed by atoms with E-state index in [0.717, 1.165) is 16.7 Å². The van der Waals surface area contributed by atoms with Crippen LogP contribution in [-0.2, 0) is 10.0 Å². The molecule has 2 heterocycles. The molecule has 0 amide bonds. The number of nitrogens with zero attached hydrogens (tertiary/aromatic N) is 3. The lowest BCUT2D eigenvalue weighted by Gasteiger charge is -2.29. The van der Waals surface area contributed by atoms with Gasteiger partial charge < -0.3 is 4.52 Å². The summed E-state index contributed by atoms with van der Waals surface area (Å²) in [5.74, 6) is 1.14. The van der Waals surface area contributed by atoms with Gasteiger partial charge in [0.2, 0.25) is 10.0 Å². The first-order valence-electron chi connectivity index (χ1n) is 9.51. The van der Waals surface area contributed by atoms with Gasteiger partial charge in [0.15, 0.2) is 5.82 Å². The molecule has 8 heteroatoms. The molecular formula is C21H22ClN3O3S. The van der Waals surface area contributed by atoms with Crippen LogP contribution in [0.4, 0.5) is 0 Å². The molecule has 0 saturated carbocycles. The average Bonchev–Trinajstić information content (AvgIpc) is 3.21. The zero-order chi connectivity index (χ0) is 20.6. The Hall–Kier alpha value is -2.22. The van der Waals surface area contributed by atoms with Gasteiger partial charge in [-0.05, 0) is 74.2 Å². The minimum absolute atomic E-state index is 0.0750. The van der Waals surface area contributed by atoms with Crippen LogP contribution < -0.4 is 0 Å². The molecule has 152 valence electrons. The number of benzene rings is 2. The summed E-state index contributed by atoms with van der Waals surface area (Å²) in [7, 11) is -3.49.